The van der Waals surface area contributed by atoms with E-state index in [9.17, 15) is 4.79 Å². The fraction of sp³-hybridized carbons (Fsp3) is 0.318. The molecular weight excluding hydrogens is 342 g/mol. The van der Waals surface area contributed by atoms with Crippen LogP contribution in [0.1, 0.15) is 31.9 Å². The van der Waals surface area contributed by atoms with Crippen LogP contribution in [0.3, 0.4) is 0 Å². The van der Waals surface area contributed by atoms with E-state index in [0.29, 0.717) is 18.0 Å². The van der Waals surface area contributed by atoms with Gasteiger partial charge in [-0.15, -0.1) is 0 Å². The number of benzene rings is 2. The first kappa shape index (κ1) is 20.4. The average Bonchev–Trinajstić information content (AvgIpc) is 2.66. The van der Waals surface area contributed by atoms with Gasteiger partial charge in [0, 0.05) is 12.1 Å². The molecule has 0 radical (unpaired) electrons. The van der Waals surface area contributed by atoms with Gasteiger partial charge in [0.2, 0.25) is 0 Å². The van der Waals surface area contributed by atoms with Crippen LogP contribution in [0.2, 0.25) is 0 Å². The zero-order valence-corrected chi connectivity index (χ0v) is 16.3. The second-order valence-corrected chi connectivity index (χ2v) is 6.25. The summed E-state index contributed by atoms with van der Waals surface area (Å²) in [7, 11) is 1.58. The van der Waals surface area contributed by atoms with Crippen LogP contribution in [0, 0.1) is 0 Å². The Kier molecular flexibility index (Phi) is 7.74. The van der Waals surface area contributed by atoms with Crippen molar-refractivity contribution in [3.05, 3.63) is 59.7 Å². The fourth-order valence-corrected chi connectivity index (χ4v) is 2.51. The molecule has 0 spiro atoms. The van der Waals surface area contributed by atoms with Crippen molar-refractivity contribution in [2.45, 2.75) is 33.4 Å². The van der Waals surface area contributed by atoms with Crippen LogP contribution in [-0.4, -0.2) is 25.7 Å². The number of methoxy groups -OCH3 is 1. The lowest BCUT2D eigenvalue weighted by Crippen LogP contribution is -2.28. The van der Waals surface area contributed by atoms with Crippen LogP contribution in [0.25, 0.3) is 6.08 Å². The summed E-state index contributed by atoms with van der Waals surface area (Å²) in [6.45, 7) is 6.18. The van der Waals surface area contributed by atoms with E-state index in [-0.39, 0.29) is 18.6 Å². The Morgan fingerprint density at radius 2 is 1.89 bits per heavy atom. The molecule has 2 aromatic carbocycles. The number of nitrogens with one attached hydrogen (secondary N) is 1. The molecule has 0 atom stereocenters. The van der Waals surface area contributed by atoms with Crippen molar-refractivity contribution in [1.29, 1.82) is 0 Å². The van der Waals surface area contributed by atoms with E-state index in [1.165, 1.54) is 0 Å². The normalized spacial score (nSPS) is 10.9. The van der Waals surface area contributed by atoms with E-state index in [1.54, 1.807) is 13.2 Å². The molecule has 0 heterocycles. The molecule has 2 aromatic rings. The third-order valence-corrected chi connectivity index (χ3v) is 3.72. The monoisotopic (exact) mass is 369 g/mol. The lowest BCUT2D eigenvalue weighted by molar-refractivity contribution is -0.123. The van der Waals surface area contributed by atoms with Crippen LogP contribution in [0.5, 0.6) is 17.2 Å². The van der Waals surface area contributed by atoms with Crippen molar-refractivity contribution in [3.8, 4) is 17.2 Å². The van der Waals surface area contributed by atoms with E-state index < -0.39 is 0 Å². The average molecular weight is 369 g/mol. The molecule has 1 N–H and O–H groups in total. The molecule has 0 saturated heterocycles. The van der Waals surface area contributed by atoms with Crippen LogP contribution >= 0.6 is 0 Å². The Bertz CT molecular complexity index is 784. The summed E-state index contributed by atoms with van der Waals surface area (Å²) in [6.07, 6.45) is 3.99. The number of hydrogen-bond donors (Lipinski definition) is 1. The molecule has 2 rings (SSSR count). The maximum atomic E-state index is 12.2. The summed E-state index contributed by atoms with van der Waals surface area (Å²) in [5, 5.41) is 2.86. The molecule has 0 bridgehead atoms. The summed E-state index contributed by atoms with van der Waals surface area (Å²) in [5.41, 5.74) is 1.93. The van der Waals surface area contributed by atoms with Gasteiger partial charge in [0.25, 0.3) is 5.91 Å². The Morgan fingerprint density at radius 1 is 1.11 bits per heavy atom. The Morgan fingerprint density at radius 3 is 2.59 bits per heavy atom. The highest BCUT2D eigenvalue weighted by Crippen LogP contribution is 2.28. The largest absolute Gasteiger partial charge is 0.493 e. The zero-order valence-electron chi connectivity index (χ0n) is 16.3. The van der Waals surface area contributed by atoms with Crippen molar-refractivity contribution in [2.75, 3.05) is 13.7 Å². The molecule has 5 nitrogen and oxygen atoms in total. The Labute approximate surface area is 161 Å². The minimum absolute atomic E-state index is 0.0724. The first-order chi connectivity index (χ1) is 13.0. The van der Waals surface area contributed by atoms with Crippen LogP contribution in [0.4, 0.5) is 0 Å². The predicted octanol–water partition coefficient (Wildman–Crippen LogP) is 4.21. The number of carbonyl (C=O) groups excluding carboxylic acids is 1. The van der Waals surface area contributed by atoms with Crippen molar-refractivity contribution in [1.82, 2.24) is 5.32 Å². The molecule has 0 aromatic heterocycles. The van der Waals surface area contributed by atoms with Gasteiger partial charge in [-0.3, -0.25) is 4.79 Å². The van der Waals surface area contributed by atoms with Gasteiger partial charge >= 0.3 is 0 Å². The van der Waals surface area contributed by atoms with E-state index in [4.69, 9.17) is 14.2 Å². The minimum atomic E-state index is -0.214. The second kappa shape index (κ2) is 10.3. The highest BCUT2D eigenvalue weighted by atomic mass is 16.5. The quantitative estimate of drug-likeness (QED) is 0.719. The zero-order chi connectivity index (χ0) is 19.6. The van der Waals surface area contributed by atoms with Crippen molar-refractivity contribution in [2.24, 2.45) is 0 Å². The van der Waals surface area contributed by atoms with E-state index >= 15 is 0 Å². The van der Waals surface area contributed by atoms with Gasteiger partial charge in [-0.25, -0.2) is 0 Å². The first-order valence-corrected chi connectivity index (χ1v) is 8.98. The van der Waals surface area contributed by atoms with Gasteiger partial charge in [-0.05, 0) is 44.5 Å². The molecule has 0 unspecified atom stereocenters. The van der Waals surface area contributed by atoms with E-state index in [1.807, 2.05) is 69.3 Å². The van der Waals surface area contributed by atoms with Crippen molar-refractivity contribution in [3.63, 3.8) is 0 Å². The number of para-hydroxylation sites is 1. The van der Waals surface area contributed by atoms with Crippen LogP contribution < -0.4 is 19.5 Å². The summed E-state index contributed by atoms with van der Waals surface area (Å²) >= 11 is 0. The van der Waals surface area contributed by atoms with Gasteiger partial charge in [0.1, 0.15) is 5.75 Å². The topological polar surface area (TPSA) is 56.8 Å². The lowest BCUT2D eigenvalue weighted by Gasteiger charge is -2.15. The molecular formula is C22H27NO4. The van der Waals surface area contributed by atoms with Gasteiger partial charge in [0.05, 0.1) is 13.2 Å². The number of hydrogen-bond acceptors (Lipinski definition) is 4. The number of amides is 1. The van der Waals surface area contributed by atoms with Crippen LogP contribution in [0.15, 0.2) is 48.5 Å². The van der Waals surface area contributed by atoms with Crippen molar-refractivity contribution < 1.29 is 19.0 Å². The number of carbonyl (C=O) groups is 1. The number of ether oxygens (including phenoxy) is 3. The molecule has 1 amide bonds. The third-order valence-electron chi connectivity index (χ3n) is 3.72. The standard InChI is InChI=1S/C22H27NO4/c1-5-8-17-11-12-20(21(13-17)25-4)26-15-22(24)23-14-18-9-6-7-10-19(18)27-16(2)3/h5-13,16H,14-15H2,1-4H3,(H,23,24)/b8-5+. The number of allylic oxidation sites excluding steroid dienone is 1. The highest BCUT2D eigenvalue weighted by Gasteiger charge is 2.10. The smallest absolute Gasteiger partial charge is 0.258 e. The van der Waals surface area contributed by atoms with E-state index in [2.05, 4.69) is 5.32 Å². The van der Waals surface area contributed by atoms with Gasteiger partial charge in [0.15, 0.2) is 18.1 Å². The molecule has 0 fully saturated rings. The maximum absolute atomic E-state index is 12.2. The van der Waals surface area contributed by atoms with Gasteiger partial charge in [-0.2, -0.15) is 0 Å². The molecule has 5 heteroatoms. The minimum Gasteiger partial charge on any atom is -0.493 e. The van der Waals surface area contributed by atoms with Crippen molar-refractivity contribution >= 4 is 12.0 Å². The molecule has 0 saturated carbocycles. The fourth-order valence-electron chi connectivity index (χ4n) is 2.51. The van der Waals surface area contributed by atoms with Gasteiger partial charge in [-0.1, -0.05) is 36.4 Å². The molecule has 0 aliphatic heterocycles. The molecule has 144 valence electrons. The first-order valence-electron chi connectivity index (χ1n) is 8.98. The highest BCUT2D eigenvalue weighted by molar-refractivity contribution is 5.77. The summed E-state index contributed by atoms with van der Waals surface area (Å²) in [5.74, 6) is 1.68. The third kappa shape index (κ3) is 6.37. The molecule has 0 aliphatic carbocycles. The maximum Gasteiger partial charge on any atom is 0.258 e. The molecule has 27 heavy (non-hydrogen) atoms. The lowest BCUT2D eigenvalue weighted by atomic mass is 10.2. The van der Waals surface area contributed by atoms with Crippen LogP contribution in [-0.2, 0) is 11.3 Å². The Balaban J connectivity index is 1.92. The van der Waals surface area contributed by atoms with E-state index in [0.717, 1.165) is 16.9 Å². The summed E-state index contributed by atoms with van der Waals surface area (Å²) < 4.78 is 16.7. The second-order valence-electron chi connectivity index (χ2n) is 6.25. The molecule has 0 aliphatic rings. The predicted molar refractivity (Wildman–Crippen MR) is 107 cm³/mol. The van der Waals surface area contributed by atoms with Gasteiger partial charge < -0.3 is 19.5 Å². The SMILES string of the molecule is C/C=C/c1ccc(OCC(=O)NCc2ccccc2OC(C)C)c(OC)c1. The summed E-state index contributed by atoms with van der Waals surface area (Å²) in [6, 6.07) is 13.2. The Hall–Kier alpha value is -2.95. The summed E-state index contributed by atoms with van der Waals surface area (Å²) in [4.78, 5) is 12.2. The number of rotatable bonds is 9.